The first-order valence-electron chi connectivity index (χ1n) is 8.85. The fraction of sp³-hybridized carbons (Fsp3) is 0.400. The fourth-order valence-corrected chi connectivity index (χ4v) is 3.37. The van der Waals surface area contributed by atoms with Crippen LogP contribution in [0.5, 0.6) is 0 Å². The predicted molar refractivity (Wildman–Crippen MR) is 95.1 cm³/mol. The van der Waals surface area contributed by atoms with Crippen molar-refractivity contribution >= 4 is 28.3 Å². The molecule has 0 unspecified atom stereocenters. The summed E-state index contributed by atoms with van der Waals surface area (Å²) in [5.74, 6) is 0.193. The molecule has 1 N–H and O–H groups in total. The van der Waals surface area contributed by atoms with E-state index >= 15 is 0 Å². The summed E-state index contributed by atoms with van der Waals surface area (Å²) in [7, 11) is 0. The van der Waals surface area contributed by atoms with E-state index in [0.29, 0.717) is 11.3 Å². The Balaban J connectivity index is 1.72. The van der Waals surface area contributed by atoms with Crippen LogP contribution in [0.4, 0.5) is 5.69 Å². The van der Waals surface area contributed by atoms with Gasteiger partial charge in [-0.2, -0.15) is 0 Å². The molecule has 1 saturated carbocycles. The summed E-state index contributed by atoms with van der Waals surface area (Å²) in [5.41, 5.74) is 1.27. The summed E-state index contributed by atoms with van der Waals surface area (Å²) in [6, 6.07) is 11.8. The molecule has 0 bridgehead atoms. The van der Waals surface area contributed by atoms with Crippen molar-refractivity contribution in [3.8, 4) is 0 Å². The van der Waals surface area contributed by atoms with Crippen LogP contribution in [0.3, 0.4) is 0 Å². The Morgan fingerprint density at radius 2 is 1.62 bits per heavy atom. The predicted octanol–water partition coefficient (Wildman–Crippen LogP) is 3.81. The number of likely N-dealkylation sites (tertiary alicyclic amines) is 1. The van der Waals surface area contributed by atoms with E-state index in [1.165, 1.54) is 6.42 Å². The summed E-state index contributed by atoms with van der Waals surface area (Å²) in [6.45, 7) is 1.61. The average Bonchev–Trinajstić information content (AvgIpc) is 3.46. The van der Waals surface area contributed by atoms with Gasteiger partial charge in [-0.3, -0.25) is 9.59 Å². The number of hydrogen-bond donors (Lipinski definition) is 1. The van der Waals surface area contributed by atoms with Gasteiger partial charge in [-0.1, -0.05) is 24.3 Å². The van der Waals surface area contributed by atoms with Crippen molar-refractivity contribution in [2.45, 2.75) is 32.1 Å². The molecule has 2 aromatic carbocycles. The topological polar surface area (TPSA) is 49.4 Å². The van der Waals surface area contributed by atoms with Crippen molar-refractivity contribution in [1.82, 2.24) is 4.90 Å². The van der Waals surface area contributed by atoms with Gasteiger partial charge in [0, 0.05) is 19.0 Å². The zero-order valence-corrected chi connectivity index (χ0v) is 13.8. The van der Waals surface area contributed by atoms with Crippen LogP contribution in [-0.2, 0) is 4.79 Å². The van der Waals surface area contributed by atoms with Gasteiger partial charge in [-0.15, -0.1) is 0 Å². The SMILES string of the molecule is O=C(Nc1cc2ccccc2cc1C(=O)N1CCCCC1)C1CC1. The second-order valence-corrected chi connectivity index (χ2v) is 6.86. The minimum absolute atomic E-state index is 0.0338. The molecule has 2 fully saturated rings. The molecule has 0 spiro atoms. The molecule has 2 aromatic rings. The van der Waals surface area contributed by atoms with Gasteiger partial charge in [-0.25, -0.2) is 0 Å². The number of carbonyl (C=O) groups excluding carboxylic acids is 2. The first kappa shape index (κ1) is 15.2. The molecular weight excluding hydrogens is 300 g/mol. The number of nitrogens with one attached hydrogen (secondary N) is 1. The molecule has 2 amide bonds. The maximum atomic E-state index is 13.0. The largest absolute Gasteiger partial charge is 0.339 e. The van der Waals surface area contributed by atoms with E-state index in [2.05, 4.69) is 5.32 Å². The maximum Gasteiger partial charge on any atom is 0.255 e. The lowest BCUT2D eigenvalue weighted by molar-refractivity contribution is -0.117. The molecule has 1 saturated heterocycles. The van der Waals surface area contributed by atoms with Crippen LogP contribution in [0, 0.1) is 5.92 Å². The van der Waals surface area contributed by atoms with Crippen LogP contribution >= 0.6 is 0 Å². The third kappa shape index (κ3) is 3.01. The lowest BCUT2D eigenvalue weighted by Gasteiger charge is -2.27. The van der Waals surface area contributed by atoms with E-state index in [4.69, 9.17) is 0 Å². The number of nitrogens with zero attached hydrogens (tertiary/aromatic N) is 1. The van der Waals surface area contributed by atoms with Crippen LogP contribution in [0.15, 0.2) is 36.4 Å². The van der Waals surface area contributed by atoms with Gasteiger partial charge in [0.2, 0.25) is 5.91 Å². The number of amides is 2. The zero-order chi connectivity index (χ0) is 16.5. The Labute approximate surface area is 141 Å². The quantitative estimate of drug-likeness (QED) is 0.934. The van der Waals surface area contributed by atoms with E-state index < -0.39 is 0 Å². The molecule has 1 aliphatic heterocycles. The second-order valence-electron chi connectivity index (χ2n) is 6.86. The van der Waals surface area contributed by atoms with E-state index in [-0.39, 0.29) is 17.7 Å². The number of rotatable bonds is 3. The molecule has 4 heteroatoms. The summed E-state index contributed by atoms with van der Waals surface area (Å²) < 4.78 is 0. The molecule has 1 heterocycles. The molecule has 1 aliphatic carbocycles. The highest BCUT2D eigenvalue weighted by Gasteiger charge is 2.31. The average molecular weight is 322 g/mol. The minimum Gasteiger partial charge on any atom is -0.339 e. The molecule has 24 heavy (non-hydrogen) atoms. The van der Waals surface area contributed by atoms with E-state index in [1.54, 1.807) is 0 Å². The maximum absolute atomic E-state index is 13.0. The number of fused-ring (bicyclic) bond motifs is 1. The summed E-state index contributed by atoms with van der Waals surface area (Å²) in [6.07, 6.45) is 5.21. The molecule has 2 aliphatic rings. The van der Waals surface area contributed by atoms with Crippen molar-refractivity contribution in [3.63, 3.8) is 0 Å². The molecule has 0 atom stereocenters. The summed E-state index contributed by atoms with van der Waals surface area (Å²) >= 11 is 0. The van der Waals surface area contributed by atoms with Gasteiger partial charge >= 0.3 is 0 Å². The first-order chi connectivity index (χ1) is 11.7. The second kappa shape index (κ2) is 6.27. The van der Waals surface area contributed by atoms with Crippen LogP contribution < -0.4 is 5.32 Å². The van der Waals surface area contributed by atoms with E-state index in [9.17, 15) is 9.59 Å². The molecule has 0 radical (unpaired) electrons. The zero-order valence-electron chi connectivity index (χ0n) is 13.8. The van der Waals surface area contributed by atoms with Crippen molar-refractivity contribution < 1.29 is 9.59 Å². The van der Waals surface area contributed by atoms with Crippen LogP contribution in [0.1, 0.15) is 42.5 Å². The van der Waals surface area contributed by atoms with Gasteiger partial charge < -0.3 is 10.2 Å². The van der Waals surface area contributed by atoms with Crippen molar-refractivity contribution in [3.05, 3.63) is 42.0 Å². The number of carbonyl (C=O) groups is 2. The summed E-state index contributed by atoms with van der Waals surface area (Å²) in [4.78, 5) is 27.1. The highest BCUT2D eigenvalue weighted by molar-refractivity contribution is 6.08. The highest BCUT2D eigenvalue weighted by Crippen LogP contribution is 2.32. The Morgan fingerprint density at radius 1 is 0.958 bits per heavy atom. The molecular formula is C20H22N2O2. The monoisotopic (exact) mass is 322 g/mol. The third-order valence-corrected chi connectivity index (χ3v) is 4.97. The van der Waals surface area contributed by atoms with Crippen molar-refractivity contribution in [2.75, 3.05) is 18.4 Å². The Hall–Kier alpha value is -2.36. The van der Waals surface area contributed by atoms with Crippen LogP contribution in [0.2, 0.25) is 0 Å². The molecule has 124 valence electrons. The lowest BCUT2D eigenvalue weighted by atomic mass is 10.0. The van der Waals surface area contributed by atoms with Crippen LogP contribution in [-0.4, -0.2) is 29.8 Å². The van der Waals surface area contributed by atoms with Gasteiger partial charge in [0.05, 0.1) is 11.3 Å². The Kier molecular flexibility index (Phi) is 3.97. The standard InChI is InChI=1S/C20H22N2O2/c23-19(14-8-9-14)21-18-13-16-7-3-2-6-15(16)12-17(18)20(24)22-10-4-1-5-11-22/h2-3,6-7,12-14H,1,4-5,8-11H2,(H,21,23). The van der Waals surface area contributed by atoms with Gasteiger partial charge in [-0.05, 0) is 55.0 Å². The highest BCUT2D eigenvalue weighted by atomic mass is 16.2. The summed E-state index contributed by atoms with van der Waals surface area (Å²) in [5, 5.41) is 5.07. The third-order valence-electron chi connectivity index (χ3n) is 4.97. The molecule has 4 rings (SSSR count). The number of piperidine rings is 1. The number of benzene rings is 2. The fourth-order valence-electron chi connectivity index (χ4n) is 3.37. The molecule has 4 nitrogen and oxygen atoms in total. The number of hydrogen-bond acceptors (Lipinski definition) is 2. The van der Waals surface area contributed by atoms with Gasteiger partial charge in [0.1, 0.15) is 0 Å². The van der Waals surface area contributed by atoms with Crippen LogP contribution in [0.25, 0.3) is 10.8 Å². The Morgan fingerprint density at radius 3 is 2.29 bits per heavy atom. The van der Waals surface area contributed by atoms with Gasteiger partial charge in [0.25, 0.3) is 5.91 Å². The minimum atomic E-state index is 0.0338. The van der Waals surface area contributed by atoms with E-state index in [1.807, 2.05) is 41.3 Å². The van der Waals surface area contributed by atoms with Gasteiger partial charge in [0.15, 0.2) is 0 Å². The van der Waals surface area contributed by atoms with Crippen molar-refractivity contribution in [2.24, 2.45) is 5.92 Å². The van der Waals surface area contributed by atoms with E-state index in [0.717, 1.165) is 49.5 Å². The smallest absolute Gasteiger partial charge is 0.255 e. The van der Waals surface area contributed by atoms with Crippen molar-refractivity contribution in [1.29, 1.82) is 0 Å². The first-order valence-corrected chi connectivity index (χ1v) is 8.85. The Bertz CT molecular complexity index is 789. The normalized spacial score (nSPS) is 17.8. The lowest BCUT2D eigenvalue weighted by Crippen LogP contribution is -2.36. The number of anilines is 1. The molecule has 0 aromatic heterocycles.